The van der Waals surface area contributed by atoms with Crippen LogP contribution in [0.3, 0.4) is 0 Å². The van der Waals surface area contributed by atoms with E-state index in [0.29, 0.717) is 33.4 Å². The molecule has 2 aromatic heterocycles. The molecule has 0 saturated carbocycles. The smallest absolute Gasteiger partial charge is 0.337 e. The topological polar surface area (TPSA) is 90.4 Å². The van der Waals surface area contributed by atoms with Crippen LogP contribution in [0.4, 0.5) is 5.69 Å². The lowest BCUT2D eigenvalue weighted by Gasteiger charge is -2.06. The van der Waals surface area contributed by atoms with Gasteiger partial charge in [0.25, 0.3) is 5.91 Å². The lowest BCUT2D eigenvalue weighted by atomic mass is 10.2. The molecule has 1 aromatic carbocycles. The normalized spacial score (nSPS) is 10.6. The molecule has 0 fully saturated rings. The van der Waals surface area contributed by atoms with Crippen molar-refractivity contribution >= 4 is 39.1 Å². The number of carbonyl (C=O) groups is 2. The van der Waals surface area contributed by atoms with Crippen LogP contribution in [0.5, 0.6) is 5.88 Å². The van der Waals surface area contributed by atoms with Gasteiger partial charge in [0.2, 0.25) is 5.88 Å². The van der Waals surface area contributed by atoms with Gasteiger partial charge in [-0.15, -0.1) is 11.3 Å². The minimum atomic E-state index is -0.462. The van der Waals surface area contributed by atoms with Crippen molar-refractivity contribution in [3.63, 3.8) is 0 Å². The lowest BCUT2D eigenvalue weighted by Crippen LogP contribution is -2.12. The summed E-state index contributed by atoms with van der Waals surface area (Å²) in [6.45, 7) is 4.19. The number of nitrogens with one attached hydrogen (secondary N) is 1. The van der Waals surface area contributed by atoms with E-state index >= 15 is 0 Å². The second kappa shape index (κ2) is 7.49. The highest BCUT2D eigenvalue weighted by Gasteiger charge is 2.20. The number of benzene rings is 1. The Morgan fingerprint density at radius 3 is 2.81 bits per heavy atom. The number of hydrogen-bond acceptors (Lipinski definition) is 7. The van der Waals surface area contributed by atoms with Crippen molar-refractivity contribution < 1.29 is 19.1 Å². The molecule has 0 atom stereocenters. The number of methoxy groups -OCH3 is 1. The highest BCUT2D eigenvalue weighted by Crippen LogP contribution is 2.34. The molecule has 1 amide bonds. The molecule has 134 valence electrons. The molecule has 3 rings (SSSR count). The van der Waals surface area contributed by atoms with Crippen LogP contribution in [-0.2, 0) is 4.74 Å². The van der Waals surface area contributed by atoms with Crippen LogP contribution in [0.15, 0.2) is 30.6 Å². The maximum Gasteiger partial charge on any atom is 0.337 e. The van der Waals surface area contributed by atoms with E-state index in [1.165, 1.54) is 24.8 Å². The molecule has 0 saturated heterocycles. The van der Waals surface area contributed by atoms with Gasteiger partial charge in [0.05, 0.1) is 29.5 Å². The molecule has 3 aromatic rings. The van der Waals surface area contributed by atoms with E-state index in [0.717, 1.165) is 10.9 Å². The average Bonchev–Trinajstić information content (AvgIpc) is 2.99. The Morgan fingerprint density at radius 1 is 1.27 bits per heavy atom. The number of fused-ring (bicyclic) bond motifs is 1. The largest absolute Gasteiger partial charge is 0.477 e. The molecule has 1 N–H and O–H groups in total. The monoisotopic (exact) mass is 371 g/mol. The van der Waals surface area contributed by atoms with Crippen molar-refractivity contribution in [2.24, 2.45) is 0 Å². The van der Waals surface area contributed by atoms with E-state index in [1.54, 1.807) is 24.3 Å². The molecule has 2 heterocycles. The van der Waals surface area contributed by atoms with Crippen molar-refractivity contribution in [3.05, 3.63) is 46.6 Å². The number of anilines is 1. The fraction of sp³-hybridized carbons (Fsp3) is 0.222. The van der Waals surface area contributed by atoms with Gasteiger partial charge in [-0.2, -0.15) is 0 Å². The number of carbonyl (C=O) groups excluding carboxylic acids is 2. The zero-order valence-electron chi connectivity index (χ0n) is 14.5. The van der Waals surface area contributed by atoms with Crippen molar-refractivity contribution in [2.75, 3.05) is 19.0 Å². The molecule has 0 bridgehead atoms. The number of rotatable bonds is 5. The number of hydrogen-bond donors (Lipinski definition) is 1. The number of amides is 1. The first-order valence-corrected chi connectivity index (χ1v) is 8.73. The van der Waals surface area contributed by atoms with Gasteiger partial charge < -0.3 is 14.8 Å². The summed E-state index contributed by atoms with van der Waals surface area (Å²) in [4.78, 5) is 33.9. The van der Waals surface area contributed by atoms with Crippen molar-refractivity contribution in [1.82, 2.24) is 9.97 Å². The van der Waals surface area contributed by atoms with E-state index in [-0.39, 0.29) is 5.91 Å². The highest BCUT2D eigenvalue weighted by molar-refractivity contribution is 7.20. The number of thiophene rings is 1. The molecule has 0 aliphatic heterocycles. The third-order valence-corrected chi connectivity index (χ3v) is 4.92. The van der Waals surface area contributed by atoms with Gasteiger partial charge in [0.1, 0.15) is 11.2 Å². The Balaban J connectivity index is 1.92. The Morgan fingerprint density at radius 2 is 2.08 bits per heavy atom. The van der Waals surface area contributed by atoms with Crippen molar-refractivity contribution in [2.45, 2.75) is 13.8 Å². The lowest BCUT2D eigenvalue weighted by molar-refractivity contribution is 0.0600. The molecule has 8 heteroatoms. The van der Waals surface area contributed by atoms with E-state index in [4.69, 9.17) is 9.47 Å². The zero-order valence-corrected chi connectivity index (χ0v) is 15.3. The van der Waals surface area contributed by atoms with Crippen molar-refractivity contribution in [1.29, 1.82) is 0 Å². The highest BCUT2D eigenvalue weighted by atomic mass is 32.1. The molecule has 0 aliphatic rings. The van der Waals surface area contributed by atoms with Gasteiger partial charge in [0.15, 0.2) is 0 Å². The molecular formula is C18H17N3O4S. The molecule has 0 radical (unpaired) electrons. The fourth-order valence-corrected chi connectivity index (χ4v) is 3.57. The van der Waals surface area contributed by atoms with Gasteiger partial charge in [-0.25, -0.2) is 14.8 Å². The van der Waals surface area contributed by atoms with Crippen LogP contribution < -0.4 is 10.1 Å². The second-order valence-electron chi connectivity index (χ2n) is 5.37. The first kappa shape index (κ1) is 17.8. The number of nitrogens with zero attached hydrogens (tertiary/aromatic N) is 2. The minimum Gasteiger partial charge on any atom is -0.477 e. The number of ether oxygens (including phenoxy) is 2. The quantitative estimate of drug-likeness (QED) is 0.691. The summed E-state index contributed by atoms with van der Waals surface area (Å²) in [6, 6.07) is 6.57. The van der Waals surface area contributed by atoms with Crippen LogP contribution in [0.25, 0.3) is 10.2 Å². The summed E-state index contributed by atoms with van der Waals surface area (Å²) in [5.41, 5.74) is 1.63. The summed E-state index contributed by atoms with van der Waals surface area (Å²) in [5.74, 6) is -0.274. The Labute approximate surface area is 154 Å². The maximum absolute atomic E-state index is 12.7. The SMILES string of the molecule is CCOc1ncnc2sc(C(=O)Nc3cccc(C(=O)OC)c3)c(C)c12. The summed E-state index contributed by atoms with van der Waals surface area (Å²) in [5, 5.41) is 3.55. The third-order valence-electron chi connectivity index (χ3n) is 3.72. The summed E-state index contributed by atoms with van der Waals surface area (Å²) >= 11 is 1.27. The van der Waals surface area contributed by atoms with E-state index < -0.39 is 5.97 Å². The van der Waals surface area contributed by atoms with E-state index in [1.807, 2.05) is 13.8 Å². The van der Waals surface area contributed by atoms with Crippen LogP contribution in [-0.4, -0.2) is 35.6 Å². The number of aromatic nitrogens is 2. The second-order valence-corrected chi connectivity index (χ2v) is 6.37. The van der Waals surface area contributed by atoms with Crippen LogP contribution >= 0.6 is 11.3 Å². The molecule has 0 aliphatic carbocycles. The Kier molecular flexibility index (Phi) is 5.13. The molecular weight excluding hydrogens is 354 g/mol. The molecule has 0 unspecified atom stereocenters. The van der Waals surface area contributed by atoms with Gasteiger partial charge >= 0.3 is 5.97 Å². The summed E-state index contributed by atoms with van der Waals surface area (Å²) in [7, 11) is 1.31. The Hall–Kier alpha value is -3.00. The minimum absolute atomic E-state index is 0.282. The van der Waals surface area contributed by atoms with Gasteiger partial charge in [-0.3, -0.25) is 4.79 Å². The summed E-state index contributed by atoms with van der Waals surface area (Å²) in [6.07, 6.45) is 1.42. The first-order valence-electron chi connectivity index (χ1n) is 7.91. The average molecular weight is 371 g/mol. The number of aryl methyl sites for hydroxylation is 1. The number of esters is 1. The van der Waals surface area contributed by atoms with Gasteiger partial charge in [0, 0.05) is 5.69 Å². The van der Waals surface area contributed by atoms with E-state index in [2.05, 4.69) is 15.3 Å². The van der Waals surface area contributed by atoms with E-state index in [9.17, 15) is 9.59 Å². The standard InChI is InChI=1S/C18H17N3O4S/c1-4-25-16-13-10(2)14(26-17(13)20-9-19-16)15(22)21-12-7-5-6-11(8-12)18(23)24-3/h5-9H,4H2,1-3H3,(H,21,22). The van der Waals surface area contributed by atoms with Crippen LogP contribution in [0.1, 0.15) is 32.5 Å². The van der Waals surface area contributed by atoms with Crippen molar-refractivity contribution in [3.8, 4) is 5.88 Å². The maximum atomic E-state index is 12.7. The zero-order chi connectivity index (χ0) is 18.7. The predicted octanol–water partition coefficient (Wildman–Crippen LogP) is 3.44. The van der Waals surface area contributed by atoms with Gasteiger partial charge in [-0.1, -0.05) is 6.07 Å². The third kappa shape index (κ3) is 3.36. The fourth-order valence-electron chi connectivity index (χ4n) is 2.53. The Bertz CT molecular complexity index is 984. The van der Waals surface area contributed by atoms with Gasteiger partial charge in [-0.05, 0) is 37.6 Å². The summed E-state index contributed by atoms with van der Waals surface area (Å²) < 4.78 is 10.2. The predicted molar refractivity (Wildman–Crippen MR) is 99.1 cm³/mol. The molecule has 7 nitrogen and oxygen atoms in total. The first-order chi connectivity index (χ1) is 12.5. The molecule has 26 heavy (non-hydrogen) atoms. The van der Waals surface area contributed by atoms with Crippen LogP contribution in [0.2, 0.25) is 0 Å². The molecule has 0 spiro atoms. The van der Waals surface area contributed by atoms with Crippen LogP contribution in [0, 0.1) is 6.92 Å².